The molecular formula is C20H23BrN2O3S. The molecule has 0 atom stereocenters. The number of methoxy groups -OCH3 is 1. The first-order valence-corrected chi connectivity index (χ1v) is 10.9. The van der Waals surface area contributed by atoms with Crippen LogP contribution in [0.5, 0.6) is 5.75 Å². The van der Waals surface area contributed by atoms with Crippen molar-refractivity contribution in [1.82, 2.24) is 9.88 Å². The average Bonchev–Trinajstić information content (AvgIpc) is 3.22. The van der Waals surface area contributed by atoms with Crippen LogP contribution < -0.4 is 4.74 Å². The molecule has 27 heavy (non-hydrogen) atoms. The van der Waals surface area contributed by atoms with Crippen LogP contribution in [0.2, 0.25) is 0 Å². The maximum atomic E-state index is 11.1. The summed E-state index contributed by atoms with van der Waals surface area (Å²) in [6, 6.07) is 4.31. The van der Waals surface area contributed by atoms with Crippen LogP contribution in [0, 0.1) is 0 Å². The number of ether oxygens (including phenoxy) is 1. The highest BCUT2D eigenvalue weighted by Crippen LogP contribution is 2.53. The van der Waals surface area contributed by atoms with Gasteiger partial charge in [0, 0.05) is 35.5 Å². The molecule has 0 unspecified atom stereocenters. The molecule has 1 aromatic heterocycles. The van der Waals surface area contributed by atoms with Gasteiger partial charge in [0.2, 0.25) is 0 Å². The molecule has 2 fully saturated rings. The van der Waals surface area contributed by atoms with Crippen molar-refractivity contribution in [3.63, 3.8) is 0 Å². The Hall–Kier alpha value is -1.60. The normalized spacial score (nSPS) is 19.1. The van der Waals surface area contributed by atoms with Crippen molar-refractivity contribution < 1.29 is 14.6 Å². The fraction of sp³-hybridized carbons (Fsp3) is 0.500. The number of hydrogen-bond acceptors (Lipinski definition) is 4. The van der Waals surface area contributed by atoms with Gasteiger partial charge in [0.05, 0.1) is 22.3 Å². The highest BCUT2D eigenvalue weighted by molar-refractivity contribution is 9.10. The summed E-state index contributed by atoms with van der Waals surface area (Å²) in [5.41, 5.74) is 3.55. The quantitative estimate of drug-likeness (QED) is 0.668. The van der Waals surface area contributed by atoms with E-state index in [0.717, 1.165) is 39.3 Å². The number of aromatic nitrogens is 1. The molecule has 4 rings (SSSR count). The zero-order valence-electron chi connectivity index (χ0n) is 15.5. The fourth-order valence-corrected chi connectivity index (χ4v) is 5.40. The summed E-state index contributed by atoms with van der Waals surface area (Å²) < 4.78 is 6.61. The second-order valence-electron chi connectivity index (χ2n) is 7.71. The number of piperidine rings is 1. The molecule has 2 heterocycles. The Kier molecular flexibility index (Phi) is 4.93. The summed E-state index contributed by atoms with van der Waals surface area (Å²) in [7, 11) is 1.72. The maximum Gasteiger partial charge on any atom is 0.407 e. The van der Waals surface area contributed by atoms with E-state index in [1.54, 1.807) is 18.4 Å². The topological polar surface area (TPSA) is 62.7 Å². The van der Waals surface area contributed by atoms with Crippen molar-refractivity contribution in [2.24, 2.45) is 0 Å². The number of likely N-dealkylation sites (tertiary alicyclic amines) is 1. The highest BCUT2D eigenvalue weighted by Gasteiger charge is 2.42. The van der Waals surface area contributed by atoms with Crippen LogP contribution >= 0.6 is 27.3 Å². The Morgan fingerprint density at radius 1 is 1.37 bits per heavy atom. The van der Waals surface area contributed by atoms with E-state index in [4.69, 9.17) is 14.8 Å². The smallest absolute Gasteiger partial charge is 0.407 e. The van der Waals surface area contributed by atoms with Crippen molar-refractivity contribution in [3.8, 4) is 17.0 Å². The van der Waals surface area contributed by atoms with E-state index < -0.39 is 6.09 Å². The van der Waals surface area contributed by atoms with Crippen LogP contribution in [0.3, 0.4) is 0 Å². The first-order chi connectivity index (χ1) is 12.9. The van der Waals surface area contributed by atoms with Gasteiger partial charge in [-0.05, 0) is 59.2 Å². The van der Waals surface area contributed by atoms with Gasteiger partial charge in [-0.2, -0.15) is 0 Å². The van der Waals surface area contributed by atoms with Crippen LogP contribution in [0.4, 0.5) is 4.79 Å². The highest BCUT2D eigenvalue weighted by atomic mass is 79.9. The van der Waals surface area contributed by atoms with E-state index in [0.29, 0.717) is 19.0 Å². The molecule has 2 aromatic rings. The summed E-state index contributed by atoms with van der Waals surface area (Å²) in [6.45, 7) is 3.46. The van der Waals surface area contributed by atoms with Crippen molar-refractivity contribution in [3.05, 3.63) is 32.6 Å². The minimum atomic E-state index is -0.822. The van der Waals surface area contributed by atoms with Gasteiger partial charge in [-0.1, -0.05) is 6.92 Å². The lowest BCUT2D eigenvalue weighted by Gasteiger charge is -2.28. The molecule has 1 aliphatic heterocycles. The predicted octanol–water partition coefficient (Wildman–Crippen LogP) is 5.49. The van der Waals surface area contributed by atoms with Gasteiger partial charge in [0.25, 0.3) is 0 Å². The number of benzene rings is 1. The predicted molar refractivity (Wildman–Crippen MR) is 110 cm³/mol. The standard InChI is InChI=1S/C20H23BrN2O3S/c1-20(5-6-20)14-9-13(10-15(21)17(14)26-2)16-11-27-18(22-16)12-3-7-23(8-4-12)19(24)25/h9-12H,3-8H2,1-2H3,(H,24,25). The van der Waals surface area contributed by atoms with Gasteiger partial charge < -0.3 is 14.7 Å². The number of carboxylic acid groups (broad SMARTS) is 1. The lowest BCUT2D eigenvalue weighted by atomic mass is 9.94. The van der Waals surface area contributed by atoms with Gasteiger partial charge in [0.1, 0.15) is 5.75 Å². The van der Waals surface area contributed by atoms with Crippen LogP contribution in [0.1, 0.15) is 49.1 Å². The lowest BCUT2D eigenvalue weighted by Crippen LogP contribution is -2.36. The monoisotopic (exact) mass is 450 g/mol. The number of thiazole rings is 1. The molecule has 1 saturated heterocycles. The van der Waals surface area contributed by atoms with Crippen LogP contribution in [-0.4, -0.2) is 41.3 Å². The Morgan fingerprint density at radius 2 is 2.07 bits per heavy atom. The Morgan fingerprint density at radius 3 is 2.67 bits per heavy atom. The largest absolute Gasteiger partial charge is 0.495 e. The van der Waals surface area contributed by atoms with Crippen molar-refractivity contribution >= 4 is 33.4 Å². The van der Waals surface area contributed by atoms with Crippen molar-refractivity contribution in [2.75, 3.05) is 20.2 Å². The van der Waals surface area contributed by atoms with E-state index >= 15 is 0 Å². The maximum absolute atomic E-state index is 11.1. The Labute approximate surface area is 171 Å². The number of hydrogen-bond donors (Lipinski definition) is 1. The van der Waals surface area contributed by atoms with Gasteiger partial charge in [-0.15, -0.1) is 11.3 Å². The molecule has 5 nitrogen and oxygen atoms in total. The molecule has 1 N–H and O–H groups in total. The van der Waals surface area contributed by atoms with E-state index in [-0.39, 0.29) is 5.41 Å². The average molecular weight is 451 g/mol. The molecule has 1 saturated carbocycles. The Bertz CT molecular complexity index is 870. The zero-order valence-corrected chi connectivity index (χ0v) is 17.9. The first kappa shape index (κ1) is 18.7. The molecule has 144 valence electrons. The van der Waals surface area contributed by atoms with Crippen LogP contribution in [-0.2, 0) is 5.41 Å². The number of halogens is 1. The van der Waals surface area contributed by atoms with E-state index in [1.807, 2.05) is 0 Å². The summed E-state index contributed by atoms with van der Waals surface area (Å²) in [5, 5.41) is 12.3. The molecule has 0 radical (unpaired) electrons. The molecule has 0 spiro atoms. The third-order valence-electron chi connectivity index (χ3n) is 5.83. The van der Waals surface area contributed by atoms with Gasteiger partial charge in [-0.3, -0.25) is 0 Å². The molecule has 1 aromatic carbocycles. The third-order valence-corrected chi connectivity index (χ3v) is 7.43. The third kappa shape index (κ3) is 3.59. The number of nitrogens with zero attached hydrogens (tertiary/aromatic N) is 2. The first-order valence-electron chi connectivity index (χ1n) is 9.23. The second kappa shape index (κ2) is 7.09. The fourth-order valence-electron chi connectivity index (χ4n) is 3.78. The summed E-state index contributed by atoms with van der Waals surface area (Å²) in [6.07, 6.45) is 3.23. The van der Waals surface area contributed by atoms with E-state index in [9.17, 15) is 4.79 Å². The lowest BCUT2D eigenvalue weighted by molar-refractivity contribution is 0.132. The van der Waals surface area contributed by atoms with Gasteiger partial charge in [0.15, 0.2) is 0 Å². The van der Waals surface area contributed by atoms with Crippen LogP contribution in [0.15, 0.2) is 22.0 Å². The molecule has 7 heteroatoms. The SMILES string of the molecule is COc1c(Br)cc(-c2csc(C3CCN(C(=O)O)CC3)n2)cc1C1(C)CC1. The molecular weight excluding hydrogens is 428 g/mol. The van der Waals surface area contributed by atoms with Crippen LogP contribution in [0.25, 0.3) is 11.3 Å². The van der Waals surface area contributed by atoms with E-state index in [2.05, 4.69) is 40.4 Å². The second-order valence-corrected chi connectivity index (χ2v) is 9.46. The summed E-state index contributed by atoms with van der Waals surface area (Å²) in [5.74, 6) is 1.27. The summed E-state index contributed by atoms with van der Waals surface area (Å²) >= 11 is 5.35. The molecule has 2 aliphatic rings. The number of carbonyl (C=O) groups is 1. The zero-order chi connectivity index (χ0) is 19.2. The molecule has 1 amide bonds. The van der Waals surface area contributed by atoms with Gasteiger partial charge >= 0.3 is 6.09 Å². The number of amides is 1. The molecule has 0 bridgehead atoms. The van der Waals surface area contributed by atoms with Crippen molar-refractivity contribution in [1.29, 1.82) is 0 Å². The minimum Gasteiger partial charge on any atom is -0.495 e. The number of rotatable bonds is 4. The van der Waals surface area contributed by atoms with Crippen molar-refractivity contribution in [2.45, 2.75) is 43.9 Å². The van der Waals surface area contributed by atoms with E-state index in [1.165, 1.54) is 23.3 Å². The molecule has 1 aliphatic carbocycles. The minimum absolute atomic E-state index is 0.201. The van der Waals surface area contributed by atoms with Gasteiger partial charge in [-0.25, -0.2) is 9.78 Å². The summed E-state index contributed by atoms with van der Waals surface area (Å²) in [4.78, 5) is 17.5. The Balaban J connectivity index is 1.59.